The van der Waals surface area contributed by atoms with Crippen molar-refractivity contribution in [2.75, 3.05) is 0 Å². The normalized spacial score (nSPS) is 10.6. The van der Waals surface area contributed by atoms with Gasteiger partial charge in [-0.15, -0.1) is 0 Å². The molecule has 0 atom stereocenters. The zero-order valence-corrected chi connectivity index (χ0v) is 7.76. The Labute approximate surface area is 83.9 Å². The van der Waals surface area contributed by atoms with Crippen molar-refractivity contribution in [3.8, 4) is 0 Å². The van der Waals surface area contributed by atoms with Crippen LogP contribution in [0.4, 0.5) is 8.78 Å². The fraction of sp³-hybridized carbons (Fsp3) is 0.250. The Balaban J connectivity index is 3.18. The Bertz CT molecular complexity index is 357. The second-order valence-electron chi connectivity index (χ2n) is 2.55. The fourth-order valence-electron chi connectivity index (χ4n) is 0.988. The maximum atomic E-state index is 12.3. The minimum absolute atomic E-state index is 0.0727. The highest BCUT2D eigenvalue weighted by atomic mass is 35.5. The van der Waals surface area contributed by atoms with Gasteiger partial charge in [0.2, 0.25) is 0 Å². The highest BCUT2D eigenvalue weighted by Gasteiger charge is 2.15. The van der Waals surface area contributed by atoms with Crippen LogP contribution in [0.15, 0.2) is 12.3 Å². The van der Waals surface area contributed by atoms with Crippen LogP contribution in [0.3, 0.4) is 0 Å². The van der Waals surface area contributed by atoms with E-state index in [1.807, 2.05) is 0 Å². The first-order chi connectivity index (χ1) is 6.56. The third-order valence-corrected chi connectivity index (χ3v) is 1.87. The molecule has 1 aromatic rings. The van der Waals surface area contributed by atoms with Crippen molar-refractivity contribution < 1.29 is 13.6 Å². The van der Waals surface area contributed by atoms with Crippen molar-refractivity contribution in [2.45, 2.75) is 13.0 Å². The second kappa shape index (κ2) is 4.43. The van der Waals surface area contributed by atoms with Gasteiger partial charge >= 0.3 is 0 Å². The SMILES string of the molecule is NCc1cc(C(=O)Cl)ncc1C(F)F. The average molecular weight is 221 g/mol. The van der Waals surface area contributed by atoms with Crippen LogP contribution < -0.4 is 5.73 Å². The fourth-order valence-corrected chi connectivity index (χ4v) is 1.09. The lowest BCUT2D eigenvalue weighted by atomic mass is 10.1. The summed E-state index contributed by atoms with van der Waals surface area (Å²) in [4.78, 5) is 14.2. The molecule has 1 aromatic heterocycles. The van der Waals surface area contributed by atoms with E-state index in [1.165, 1.54) is 6.07 Å². The summed E-state index contributed by atoms with van der Waals surface area (Å²) in [5.74, 6) is 0. The first-order valence-corrected chi connectivity index (χ1v) is 4.11. The Morgan fingerprint density at radius 3 is 2.71 bits per heavy atom. The van der Waals surface area contributed by atoms with Crippen LogP contribution in [-0.2, 0) is 6.54 Å². The number of hydrogen-bond acceptors (Lipinski definition) is 3. The molecule has 0 bridgehead atoms. The number of aromatic nitrogens is 1. The van der Waals surface area contributed by atoms with Gasteiger partial charge in [0.25, 0.3) is 11.7 Å². The molecule has 0 spiro atoms. The van der Waals surface area contributed by atoms with Gasteiger partial charge in [-0.05, 0) is 23.2 Å². The molecule has 0 aliphatic rings. The summed E-state index contributed by atoms with van der Waals surface area (Å²) in [6.45, 7) is -0.0840. The number of pyridine rings is 1. The van der Waals surface area contributed by atoms with Crippen LogP contribution in [-0.4, -0.2) is 10.2 Å². The molecule has 3 nitrogen and oxygen atoms in total. The molecule has 0 saturated heterocycles. The Morgan fingerprint density at radius 1 is 1.64 bits per heavy atom. The predicted molar refractivity (Wildman–Crippen MR) is 47.3 cm³/mol. The number of carbonyl (C=O) groups is 1. The van der Waals surface area contributed by atoms with E-state index in [2.05, 4.69) is 4.98 Å². The van der Waals surface area contributed by atoms with E-state index in [-0.39, 0.29) is 23.4 Å². The van der Waals surface area contributed by atoms with E-state index in [0.717, 1.165) is 6.20 Å². The highest BCUT2D eigenvalue weighted by Crippen LogP contribution is 2.22. The molecule has 0 radical (unpaired) electrons. The molecule has 76 valence electrons. The molecule has 0 aromatic carbocycles. The lowest BCUT2D eigenvalue weighted by Gasteiger charge is -2.06. The van der Waals surface area contributed by atoms with E-state index >= 15 is 0 Å². The molecular formula is C8H7ClF2N2O. The number of carbonyl (C=O) groups excluding carboxylic acids is 1. The van der Waals surface area contributed by atoms with Gasteiger partial charge in [0.15, 0.2) is 0 Å². The third-order valence-electron chi connectivity index (χ3n) is 1.68. The molecule has 6 heteroatoms. The smallest absolute Gasteiger partial charge is 0.270 e. The monoisotopic (exact) mass is 220 g/mol. The van der Waals surface area contributed by atoms with Crippen LogP contribution in [0.5, 0.6) is 0 Å². The summed E-state index contributed by atoms with van der Waals surface area (Å²) >= 11 is 5.13. The summed E-state index contributed by atoms with van der Waals surface area (Å²) in [5, 5.41) is -0.791. The minimum Gasteiger partial charge on any atom is -0.326 e. The van der Waals surface area contributed by atoms with Crippen LogP contribution >= 0.6 is 11.6 Å². The summed E-state index contributed by atoms with van der Waals surface area (Å²) in [6.07, 6.45) is -1.73. The first-order valence-electron chi connectivity index (χ1n) is 3.73. The molecule has 2 N–H and O–H groups in total. The van der Waals surface area contributed by atoms with E-state index < -0.39 is 11.7 Å². The van der Waals surface area contributed by atoms with Crippen molar-refractivity contribution in [3.63, 3.8) is 0 Å². The van der Waals surface area contributed by atoms with Gasteiger partial charge in [0.1, 0.15) is 5.69 Å². The number of halogens is 3. The lowest BCUT2D eigenvalue weighted by molar-refractivity contribution is 0.107. The quantitative estimate of drug-likeness (QED) is 0.791. The van der Waals surface area contributed by atoms with E-state index in [1.54, 1.807) is 0 Å². The van der Waals surface area contributed by atoms with Gasteiger partial charge in [-0.25, -0.2) is 8.78 Å². The molecule has 0 amide bonds. The maximum Gasteiger partial charge on any atom is 0.270 e. The molecular weight excluding hydrogens is 214 g/mol. The van der Waals surface area contributed by atoms with Crippen molar-refractivity contribution >= 4 is 16.8 Å². The Morgan fingerprint density at radius 2 is 2.29 bits per heavy atom. The van der Waals surface area contributed by atoms with Crippen molar-refractivity contribution in [1.29, 1.82) is 0 Å². The van der Waals surface area contributed by atoms with Crippen LogP contribution in [0.2, 0.25) is 0 Å². The van der Waals surface area contributed by atoms with Crippen LogP contribution in [0, 0.1) is 0 Å². The molecule has 0 fully saturated rings. The maximum absolute atomic E-state index is 12.3. The van der Waals surface area contributed by atoms with Crippen LogP contribution in [0.25, 0.3) is 0 Å². The largest absolute Gasteiger partial charge is 0.326 e. The van der Waals surface area contributed by atoms with Gasteiger partial charge < -0.3 is 5.73 Å². The highest BCUT2D eigenvalue weighted by molar-refractivity contribution is 6.67. The van der Waals surface area contributed by atoms with Gasteiger partial charge in [0, 0.05) is 18.3 Å². The van der Waals surface area contributed by atoms with Crippen molar-refractivity contribution in [3.05, 3.63) is 29.1 Å². The number of hydrogen-bond donors (Lipinski definition) is 1. The summed E-state index contributed by atoms with van der Waals surface area (Å²) in [6, 6.07) is 1.18. The lowest BCUT2D eigenvalue weighted by Crippen LogP contribution is -2.06. The van der Waals surface area contributed by atoms with Gasteiger partial charge in [-0.3, -0.25) is 9.78 Å². The predicted octanol–water partition coefficient (Wildman–Crippen LogP) is 1.86. The minimum atomic E-state index is -2.65. The van der Waals surface area contributed by atoms with Gasteiger partial charge in [0.05, 0.1) is 0 Å². The second-order valence-corrected chi connectivity index (χ2v) is 2.89. The number of alkyl halides is 2. The van der Waals surface area contributed by atoms with Crippen LogP contribution in [0.1, 0.15) is 28.0 Å². The van der Waals surface area contributed by atoms with E-state index in [0.29, 0.717) is 0 Å². The molecule has 0 aliphatic carbocycles. The molecule has 1 rings (SSSR count). The molecule has 0 saturated carbocycles. The number of nitrogens with zero attached hydrogens (tertiary/aromatic N) is 1. The third kappa shape index (κ3) is 2.24. The average Bonchev–Trinajstić information content (AvgIpc) is 2.16. The first kappa shape index (κ1) is 11.0. The molecule has 0 unspecified atom stereocenters. The van der Waals surface area contributed by atoms with E-state index in [9.17, 15) is 13.6 Å². The zero-order valence-electron chi connectivity index (χ0n) is 7.01. The van der Waals surface area contributed by atoms with Crippen molar-refractivity contribution in [2.24, 2.45) is 5.73 Å². The molecule has 1 heterocycles. The standard InChI is InChI=1S/C8H7ClF2N2O/c9-7(14)6-1-4(2-12)5(3-13-6)8(10)11/h1,3,8H,2,12H2. The Hall–Kier alpha value is -1.07. The molecule has 0 aliphatic heterocycles. The number of rotatable bonds is 3. The van der Waals surface area contributed by atoms with E-state index in [4.69, 9.17) is 17.3 Å². The summed E-state index contributed by atoms with van der Waals surface area (Å²) in [7, 11) is 0. The van der Waals surface area contributed by atoms with Gasteiger partial charge in [-0.2, -0.15) is 0 Å². The van der Waals surface area contributed by atoms with Gasteiger partial charge in [-0.1, -0.05) is 0 Å². The zero-order chi connectivity index (χ0) is 10.7. The Kier molecular flexibility index (Phi) is 3.49. The number of nitrogens with two attached hydrogens (primary N) is 1. The topological polar surface area (TPSA) is 56.0 Å². The molecule has 14 heavy (non-hydrogen) atoms. The van der Waals surface area contributed by atoms with Crippen molar-refractivity contribution in [1.82, 2.24) is 4.98 Å². The summed E-state index contributed by atoms with van der Waals surface area (Å²) in [5.41, 5.74) is 5.08. The summed E-state index contributed by atoms with van der Waals surface area (Å²) < 4.78 is 24.7.